The number of hydrogen-bond donors (Lipinski definition) is 0. The summed E-state index contributed by atoms with van der Waals surface area (Å²) in [4.78, 5) is 8.75. The SMILES string of the molecule is CC1CC(ON2CCC(CN3CCCCC3)CC2)C1. The minimum atomic E-state index is 0.536. The molecule has 0 bridgehead atoms. The lowest BCUT2D eigenvalue weighted by molar-refractivity contribution is -0.236. The molecule has 1 saturated carbocycles. The van der Waals surface area contributed by atoms with Gasteiger partial charge in [0, 0.05) is 19.6 Å². The molecule has 0 atom stereocenters. The number of hydroxylamine groups is 2. The van der Waals surface area contributed by atoms with Crippen LogP contribution < -0.4 is 0 Å². The molecule has 3 nitrogen and oxygen atoms in total. The third kappa shape index (κ3) is 3.93. The molecule has 0 spiro atoms. The Hall–Kier alpha value is -0.120. The summed E-state index contributed by atoms with van der Waals surface area (Å²) in [5, 5.41) is 2.25. The summed E-state index contributed by atoms with van der Waals surface area (Å²) in [5.41, 5.74) is 0. The summed E-state index contributed by atoms with van der Waals surface area (Å²) in [6, 6.07) is 0. The van der Waals surface area contributed by atoms with Gasteiger partial charge in [-0.3, -0.25) is 4.84 Å². The van der Waals surface area contributed by atoms with E-state index in [9.17, 15) is 0 Å². The zero-order chi connectivity index (χ0) is 13.1. The van der Waals surface area contributed by atoms with E-state index in [0.717, 1.165) is 24.9 Å². The number of likely N-dealkylation sites (tertiary alicyclic amines) is 1. The van der Waals surface area contributed by atoms with Gasteiger partial charge in [-0.1, -0.05) is 13.3 Å². The summed E-state index contributed by atoms with van der Waals surface area (Å²) in [5.74, 6) is 1.81. The Labute approximate surface area is 118 Å². The Morgan fingerprint density at radius 3 is 2.26 bits per heavy atom. The van der Waals surface area contributed by atoms with Gasteiger partial charge in [0.15, 0.2) is 0 Å². The normalized spacial score (nSPS) is 35.2. The predicted molar refractivity (Wildman–Crippen MR) is 77.9 cm³/mol. The van der Waals surface area contributed by atoms with Crippen LogP contribution in [0.5, 0.6) is 0 Å². The van der Waals surface area contributed by atoms with Crippen LogP contribution in [0.4, 0.5) is 0 Å². The maximum absolute atomic E-state index is 6.06. The van der Waals surface area contributed by atoms with Crippen LogP contribution in [0.15, 0.2) is 0 Å². The maximum Gasteiger partial charge on any atom is 0.0798 e. The molecule has 3 heteroatoms. The third-order valence-corrected chi connectivity index (χ3v) is 5.17. The van der Waals surface area contributed by atoms with Crippen molar-refractivity contribution < 1.29 is 4.84 Å². The fourth-order valence-electron chi connectivity index (χ4n) is 3.83. The number of rotatable bonds is 4. The molecule has 0 radical (unpaired) electrons. The zero-order valence-electron chi connectivity index (χ0n) is 12.5. The van der Waals surface area contributed by atoms with Crippen molar-refractivity contribution in [2.75, 3.05) is 32.7 Å². The van der Waals surface area contributed by atoms with Gasteiger partial charge in [0.25, 0.3) is 0 Å². The average Bonchev–Trinajstić information content (AvgIpc) is 2.40. The number of nitrogens with zero attached hydrogens (tertiary/aromatic N) is 2. The van der Waals surface area contributed by atoms with E-state index in [2.05, 4.69) is 16.9 Å². The molecule has 19 heavy (non-hydrogen) atoms. The molecular formula is C16H30N2O. The molecular weight excluding hydrogens is 236 g/mol. The van der Waals surface area contributed by atoms with E-state index in [1.165, 1.54) is 64.6 Å². The van der Waals surface area contributed by atoms with Crippen molar-refractivity contribution in [2.45, 2.75) is 58.0 Å². The monoisotopic (exact) mass is 266 g/mol. The highest BCUT2D eigenvalue weighted by Gasteiger charge is 2.30. The van der Waals surface area contributed by atoms with Crippen LogP contribution in [0.1, 0.15) is 51.9 Å². The molecule has 0 aromatic rings. The number of piperidine rings is 2. The van der Waals surface area contributed by atoms with Crippen molar-refractivity contribution in [3.63, 3.8) is 0 Å². The molecule has 2 aliphatic heterocycles. The summed E-state index contributed by atoms with van der Waals surface area (Å²) >= 11 is 0. The summed E-state index contributed by atoms with van der Waals surface area (Å²) in [7, 11) is 0. The van der Waals surface area contributed by atoms with Gasteiger partial charge in [-0.2, -0.15) is 5.06 Å². The Kier molecular flexibility index (Phi) is 4.78. The van der Waals surface area contributed by atoms with Gasteiger partial charge < -0.3 is 4.90 Å². The average molecular weight is 266 g/mol. The van der Waals surface area contributed by atoms with Crippen LogP contribution in [-0.4, -0.2) is 48.8 Å². The molecule has 0 N–H and O–H groups in total. The minimum Gasteiger partial charge on any atom is -0.303 e. The molecule has 2 heterocycles. The van der Waals surface area contributed by atoms with Crippen LogP contribution in [0, 0.1) is 11.8 Å². The molecule has 3 aliphatic rings. The van der Waals surface area contributed by atoms with Gasteiger partial charge in [0.2, 0.25) is 0 Å². The Morgan fingerprint density at radius 1 is 0.947 bits per heavy atom. The van der Waals surface area contributed by atoms with E-state index in [4.69, 9.17) is 4.84 Å². The smallest absolute Gasteiger partial charge is 0.0798 e. The standard InChI is InChI=1S/C16H30N2O/c1-14-11-16(12-14)19-18-9-5-15(6-10-18)13-17-7-3-2-4-8-17/h14-16H,2-13H2,1H3. The Bertz CT molecular complexity index is 264. The largest absolute Gasteiger partial charge is 0.303 e. The topological polar surface area (TPSA) is 15.7 Å². The summed E-state index contributed by atoms with van der Waals surface area (Å²) in [6.07, 6.45) is 10.0. The van der Waals surface area contributed by atoms with Gasteiger partial charge >= 0.3 is 0 Å². The molecule has 2 saturated heterocycles. The molecule has 0 unspecified atom stereocenters. The van der Waals surface area contributed by atoms with E-state index in [1.54, 1.807) is 0 Å². The van der Waals surface area contributed by atoms with Crippen molar-refractivity contribution in [3.05, 3.63) is 0 Å². The third-order valence-electron chi connectivity index (χ3n) is 5.17. The van der Waals surface area contributed by atoms with Crippen LogP contribution in [0.25, 0.3) is 0 Å². The maximum atomic E-state index is 6.06. The van der Waals surface area contributed by atoms with E-state index in [-0.39, 0.29) is 0 Å². The van der Waals surface area contributed by atoms with Gasteiger partial charge in [-0.15, -0.1) is 0 Å². The quantitative estimate of drug-likeness (QED) is 0.778. The van der Waals surface area contributed by atoms with Crippen LogP contribution in [0.2, 0.25) is 0 Å². The van der Waals surface area contributed by atoms with Crippen LogP contribution >= 0.6 is 0 Å². The van der Waals surface area contributed by atoms with Gasteiger partial charge in [-0.05, 0) is 63.5 Å². The molecule has 0 aromatic heterocycles. The highest BCUT2D eigenvalue weighted by atomic mass is 16.7. The van der Waals surface area contributed by atoms with Gasteiger partial charge in [-0.25, -0.2) is 0 Å². The summed E-state index contributed by atoms with van der Waals surface area (Å²) < 4.78 is 0. The second-order valence-electron chi connectivity index (χ2n) is 7.04. The van der Waals surface area contributed by atoms with Crippen molar-refractivity contribution in [2.24, 2.45) is 11.8 Å². The lowest BCUT2D eigenvalue weighted by Gasteiger charge is -2.40. The Balaban J connectivity index is 1.32. The Morgan fingerprint density at radius 2 is 1.63 bits per heavy atom. The van der Waals surface area contributed by atoms with Crippen molar-refractivity contribution >= 4 is 0 Å². The van der Waals surface area contributed by atoms with Crippen molar-refractivity contribution in [3.8, 4) is 0 Å². The predicted octanol–water partition coefficient (Wildman–Crippen LogP) is 2.91. The highest BCUT2D eigenvalue weighted by Crippen LogP contribution is 2.31. The van der Waals surface area contributed by atoms with Crippen molar-refractivity contribution in [1.29, 1.82) is 0 Å². The summed E-state index contributed by atoms with van der Waals surface area (Å²) in [6.45, 7) is 8.67. The lowest BCUT2D eigenvalue weighted by Crippen LogP contribution is -2.43. The number of hydrogen-bond acceptors (Lipinski definition) is 3. The second kappa shape index (κ2) is 6.55. The van der Waals surface area contributed by atoms with Crippen molar-refractivity contribution in [1.82, 2.24) is 9.96 Å². The fraction of sp³-hybridized carbons (Fsp3) is 1.00. The minimum absolute atomic E-state index is 0.536. The van der Waals surface area contributed by atoms with Gasteiger partial charge in [0.1, 0.15) is 0 Å². The second-order valence-corrected chi connectivity index (χ2v) is 7.04. The zero-order valence-corrected chi connectivity index (χ0v) is 12.5. The highest BCUT2D eigenvalue weighted by molar-refractivity contribution is 4.78. The van der Waals surface area contributed by atoms with E-state index >= 15 is 0 Å². The fourth-order valence-corrected chi connectivity index (χ4v) is 3.83. The first-order chi connectivity index (χ1) is 9.29. The van der Waals surface area contributed by atoms with E-state index < -0.39 is 0 Å². The van der Waals surface area contributed by atoms with Crippen LogP contribution in [-0.2, 0) is 4.84 Å². The molecule has 3 rings (SSSR count). The van der Waals surface area contributed by atoms with E-state index in [1.807, 2.05) is 0 Å². The first-order valence-electron chi connectivity index (χ1n) is 8.43. The molecule has 0 amide bonds. The van der Waals surface area contributed by atoms with Crippen LogP contribution in [0.3, 0.4) is 0 Å². The van der Waals surface area contributed by atoms with Gasteiger partial charge in [0.05, 0.1) is 6.10 Å². The van der Waals surface area contributed by atoms with E-state index in [0.29, 0.717) is 6.10 Å². The molecule has 110 valence electrons. The molecule has 0 aromatic carbocycles. The molecule has 1 aliphatic carbocycles. The first kappa shape index (κ1) is 13.8. The lowest BCUT2D eigenvalue weighted by atomic mass is 9.84. The first-order valence-corrected chi connectivity index (χ1v) is 8.43. The molecule has 3 fully saturated rings.